The van der Waals surface area contributed by atoms with E-state index in [9.17, 15) is 0 Å². The summed E-state index contributed by atoms with van der Waals surface area (Å²) in [6, 6.07) is 8.46. The molecule has 1 heterocycles. The standard InChI is InChI=1S/C11H15NO/c1-9-3-2-4-10(5-9)8-13-11-6-12-7-11/h2-5,11-12H,6-8H2,1H3. The molecule has 0 spiro atoms. The number of rotatable bonds is 3. The van der Waals surface area contributed by atoms with E-state index in [0.29, 0.717) is 6.10 Å². The van der Waals surface area contributed by atoms with Gasteiger partial charge in [0.25, 0.3) is 0 Å². The van der Waals surface area contributed by atoms with Crippen LogP contribution in [0.15, 0.2) is 24.3 Å². The maximum absolute atomic E-state index is 5.66. The van der Waals surface area contributed by atoms with E-state index in [4.69, 9.17) is 4.74 Å². The minimum absolute atomic E-state index is 0.431. The topological polar surface area (TPSA) is 21.3 Å². The molecule has 0 aromatic heterocycles. The first kappa shape index (κ1) is 8.73. The normalized spacial score (nSPS) is 17.0. The number of hydrogen-bond donors (Lipinski definition) is 1. The van der Waals surface area contributed by atoms with Crippen molar-refractivity contribution in [2.45, 2.75) is 19.6 Å². The van der Waals surface area contributed by atoms with Gasteiger partial charge in [0.05, 0.1) is 12.7 Å². The van der Waals surface area contributed by atoms with Gasteiger partial charge in [0.1, 0.15) is 0 Å². The van der Waals surface area contributed by atoms with E-state index < -0.39 is 0 Å². The quantitative estimate of drug-likeness (QED) is 0.755. The molecule has 0 amide bonds. The zero-order chi connectivity index (χ0) is 9.10. The van der Waals surface area contributed by atoms with E-state index in [1.54, 1.807) is 0 Å². The van der Waals surface area contributed by atoms with E-state index in [2.05, 4.69) is 36.5 Å². The predicted molar refractivity (Wildman–Crippen MR) is 52.6 cm³/mol. The highest BCUT2D eigenvalue weighted by molar-refractivity contribution is 5.21. The van der Waals surface area contributed by atoms with Crippen LogP contribution in [0.3, 0.4) is 0 Å². The highest BCUT2D eigenvalue weighted by Gasteiger charge is 2.16. The van der Waals surface area contributed by atoms with Crippen LogP contribution in [0, 0.1) is 6.92 Å². The number of hydrogen-bond acceptors (Lipinski definition) is 2. The van der Waals surface area contributed by atoms with Crippen molar-refractivity contribution in [3.8, 4) is 0 Å². The Morgan fingerprint density at radius 3 is 2.92 bits per heavy atom. The fraction of sp³-hybridized carbons (Fsp3) is 0.455. The van der Waals surface area contributed by atoms with Gasteiger partial charge in [0.15, 0.2) is 0 Å². The van der Waals surface area contributed by atoms with Gasteiger partial charge in [-0.25, -0.2) is 0 Å². The molecule has 1 saturated heterocycles. The van der Waals surface area contributed by atoms with Crippen molar-refractivity contribution in [3.05, 3.63) is 35.4 Å². The van der Waals surface area contributed by atoms with E-state index in [1.807, 2.05) is 0 Å². The van der Waals surface area contributed by atoms with Crippen LogP contribution in [0.2, 0.25) is 0 Å². The lowest BCUT2D eigenvalue weighted by Gasteiger charge is -2.27. The summed E-state index contributed by atoms with van der Waals surface area (Å²) in [4.78, 5) is 0. The van der Waals surface area contributed by atoms with Crippen LogP contribution >= 0.6 is 0 Å². The van der Waals surface area contributed by atoms with Crippen LogP contribution in [0.25, 0.3) is 0 Å². The molecule has 1 aromatic rings. The lowest BCUT2D eigenvalue weighted by molar-refractivity contribution is 0.00757. The Morgan fingerprint density at radius 2 is 2.31 bits per heavy atom. The predicted octanol–water partition coefficient (Wildman–Crippen LogP) is 1.48. The Labute approximate surface area is 78.9 Å². The molecule has 13 heavy (non-hydrogen) atoms. The van der Waals surface area contributed by atoms with E-state index in [-0.39, 0.29) is 0 Å². The fourth-order valence-corrected chi connectivity index (χ4v) is 1.40. The van der Waals surface area contributed by atoms with Gasteiger partial charge in [-0.2, -0.15) is 0 Å². The lowest BCUT2D eigenvalue weighted by Crippen LogP contribution is -2.48. The van der Waals surface area contributed by atoms with Crippen molar-refractivity contribution < 1.29 is 4.74 Å². The molecule has 1 fully saturated rings. The van der Waals surface area contributed by atoms with Gasteiger partial charge in [-0.15, -0.1) is 0 Å². The first-order valence-electron chi connectivity index (χ1n) is 4.72. The second-order valence-corrected chi connectivity index (χ2v) is 3.58. The number of nitrogens with one attached hydrogen (secondary N) is 1. The summed E-state index contributed by atoms with van der Waals surface area (Å²) in [5.41, 5.74) is 2.57. The third-order valence-electron chi connectivity index (χ3n) is 2.31. The number of aryl methyl sites for hydroxylation is 1. The summed E-state index contributed by atoms with van der Waals surface area (Å²) in [7, 11) is 0. The molecular formula is C11H15NO. The minimum Gasteiger partial charge on any atom is -0.371 e. The monoisotopic (exact) mass is 177 g/mol. The first-order valence-corrected chi connectivity index (χ1v) is 4.72. The molecular weight excluding hydrogens is 162 g/mol. The Balaban J connectivity index is 1.86. The largest absolute Gasteiger partial charge is 0.371 e. The van der Waals surface area contributed by atoms with Crippen molar-refractivity contribution in [1.29, 1.82) is 0 Å². The zero-order valence-corrected chi connectivity index (χ0v) is 7.92. The van der Waals surface area contributed by atoms with E-state index >= 15 is 0 Å². The molecule has 0 unspecified atom stereocenters. The van der Waals surface area contributed by atoms with Crippen molar-refractivity contribution in [2.24, 2.45) is 0 Å². The van der Waals surface area contributed by atoms with Crippen molar-refractivity contribution >= 4 is 0 Å². The van der Waals surface area contributed by atoms with E-state index in [0.717, 1.165) is 19.7 Å². The summed E-state index contributed by atoms with van der Waals surface area (Å²) in [6.45, 7) is 4.86. The van der Waals surface area contributed by atoms with Gasteiger partial charge < -0.3 is 10.1 Å². The summed E-state index contributed by atoms with van der Waals surface area (Å²) in [6.07, 6.45) is 0.431. The highest BCUT2D eigenvalue weighted by Crippen LogP contribution is 2.08. The average molecular weight is 177 g/mol. The smallest absolute Gasteiger partial charge is 0.0828 e. The van der Waals surface area contributed by atoms with Crippen molar-refractivity contribution in [2.75, 3.05) is 13.1 Å². The molecule has 1 N–H and O–H groups in total. The molecule has 0 bridgehead atoms. The molecule has 2 heteroatoms. The van der Waals surface area contributed by atoms with Crippen molar-refractivity contribution in [1.82, 2.24) is 5.32 Å². The van der Waals surface area contributed by atoms with Crippen LogP contribution in [0.4, 0.5) is 0 Å². The molecule has 2 rings (SSSR count). The van der Waals surface area contributed by atoms with Gasteiger partial charge >= 0.3 is 0 Å². The SMILES string of the molecule is Cc1cccc(COC2CNC2)c1. The summed E-state index contributed by atoms with van der Waals surface area (Å²) < 4.78 is 5.66. The molecule has 70 valence electrons. The summed E-state index contributed by atoms with van der Waals surface area (Å²) in [5.74, 6) is 0. The summed E-state index contributed by atoms with van der Waals surface area (Å²) in [5, 5.41) is 3.18. The molecule has 0 atom stereocenters. The van der Waals surface area contributed by atoms with Crippen LogP contribution in [0.5, 0.6) is 0 Å². The third kappa shape index (κ3) is 2.29. The zero-order valence-electron chi connectivity index (χ0n) is 7.92. The Kier molecular flexibility index (Phi) is 2.62. The Bertz CT molecular complexity index is 281. The van der Waals surface area contributed by atoms with Gasteiger partial charge in [-0.05, 0) is 12.5 Å². The van der Waals surface area contributed by atoms with Gasteiger partial charge in [0.2, 0.25) is 0 Å². The molecule has 0 aliphatic carbocycles. The third-order valence-corrected chi connectivity index (χ3v) is 2.31. The minimum atomic E-state index is 0.431. The molecule has 0 saturated carbocycles. The maximum Gasteiger partial charge on any atom is 0.0828 e. The Morgan fingerprint density at radius 1 is 1.46 bits per heavy atom. The second-order valence-electron chi connectivity index (χ2n) is 3.58. The van der Waals surface area contributed by atoms with Gasteiger partial charge in [-0.3, -0.25) is 0 Å². The van der Waals surface area contributed by atoms with E-state index in [1.165, 1.54) is 11.1 Å². The second kappa shape index (κ2) is 3.90. The van der Waals surface area contributed by atoms with Gasteiger partial charge in [0, 0.05) is 13.1 Å². The first-order chi connectivity index (χ1) is 6.34. The maximum atomic E-state index is 5.66. The molecule has 1 aromatic carbocycles. The summed E-state index contributed by atoms with van der Waals surface area (Å²) >= 11 is 0. The van der Waals surface area contributed by atoms with Gasteiger partial charge in [-0.1, -0.05) is 29.8 Å². The molecule has 1 aliphatic rings. The Hall–Kier alpha value is -0.860. The van der Waals surface area contributed by atoms with Crippen LogP contribution in [-0.2, 0) is 11.3 Å². The fourth-order valence-electron chi connectivity index (χ4n) is 1.40. The lowest BCUT2D eigenvalue weighted by atomic mass is 10.1. The number of benzene rings is 1. The van der Waals surface area contributed by atoms with Crippen LogP contribution in [0.1, 0.15) is 11.1 Å². The van der Waals surface area contributed by atoms with Crippen LogP contribution < -0.4 is 5.32 Å². The molecule has 0 radical (unpaired) electrons. The van der Waals surface area contributed by atoms with Crippen LogP contribution in [-0.4, -0.2) is 19.2 Å². The van der Waals surface area contributed by atoms with Crippen molar-refractivity contribution in [3.63, 3.8) is 0 Å². The highest BCUT2D eigenvalue weighted by atomic mass is 16.5. The number of ether oxygens (including phenoxy) is 1. The molecule has 2 nitrogen and oxygen atoms in total. The molecule has 1 aliphatic heterocycles. The average Bonchev–Trinajstić information content (AvgIpc) is 2.01.